The summed E-state index contributed by atoms with van der Waals surface area (Å²) >= 11 is 0. The van der Waals surface area contributed by atoms with Gasteiger partial charge < -0.3 is 0 Å². The first-order valence-electron chi connectivity index (χ1n) is 1.79. The average molecular weight is 116 g/mol. The molecule has 0 aromatic rings. The molecule has 0 aromatic heterocycles. The Morgan fingerprint density at radius 1 is 1.50 bits per heavy atom. The van der Waals surface area contributed by atoms with Crippen molar-refractivity contribution >= 4 is 34.4 Å². The van der Waals surface area contributed by atoms with E-state index >= 15 is 0 Å². The third-order valence-corrected chi connectivity index (χ3v) is 2.23. The summed E-state index contributed by atoms with van der Waals surface area (Å²) in [4.78, 5) is 0. The smallest absolute Gasteiger partial charge is 0.174 e. The van der Waals surface area contributed by atoms with Crippen molar-refractivity contribution in [1.82, 2.24) is 0 Å². The summed E-state index contributed by atoms with van der Waals surface area (Å²) in [6.07, 6.45) is 0. The van der Waals surface area contributed by atoms with E-state index in [1.165, 1.54) is 10.6 Å². The minimum absolute atomic E-state index is 0.653. The molecule has 0 nitrogen and oxygen atoms in total. The highest BCUT2D eigenvalue weighted by atomic mass is 33.1. The molecule has 0 aliphatic carbocycles. The molecule has 0 aliphatic rings. The Labute approximate surface area is 48.5 Å². The topological polar surface area (TPSA) is 0 Å². The molecule has 0 aromatic carbocycles. The molecule has 0 unspecified atom stereocenters. The number of hydrogen-bond acceptors (Lipinski definition) is 2. The van der Waals surface area contributed by atoms with Crippen molar-refractivity contribution in [2.75, 3.05) is 0 Å². The van der Waals surface area contributed by atoms with Crippen LogP contribution in [0.4, 0.5) is 0 Å². The van der Waals surface area contributed by atoms with Gasteiger partial charge in [0.05, 0.1) is 0 Å². The molecule has 2 radical (unpaired) electrons. The quantitative estimate of drug-likeness (QED) is 0.397. The van der Waals surface area contributed by atoms with Gasteiger partial charge in [-0.25, -0.2) is 0 Å². The molecular weight excluding hydrogens is 110 g/mol. The lowest BCUT2D eigenvalue weighted by molar-refractivity contribution is 2.11. The van der Waals surface area contributed by atoms with Crippen LogP contribution in [0, 0.1) is 0 Å². The molecule has 0 fully saturated rings. The fraction of sp³-hybridized carbons (Fsp3) is 1.00. The zero-order valence-electron chi connectivity index (χ0n) is 3.97. The molecular formula is C2H6B2S2. The lowest BCUT2D eigenvalue weighted by Crippen LogP contribution is -1.86. The van der Waals surface area contributed by atoms with E-state index in [-0.39, 0.29) is 0 Å². The fourth-order valence-corrected chi connectivity index (χ4v) is 1.00. The fourth-order valence-electron chi connectivity index (χ4n) is 0.111. The third kappa shape index (κ3) is 4.83. The normalized spacial score (nSPS) is 8.33. The third-order valence-electron chi connectivity index (χ3n) is 0.248. The van der Waals surface area contributed by atoms with Crippen molar-refractivity contribution in [3.63, 3.8) is 0 Å². The van der Waals surface area contributed by atoms with Gasteiger partial charge in [0.15, 0.2) is 7.12 Å². The Hall–Kier alpha value is 0.830. The van der Waals surface area contributed by atoms with Crippen molar-refractivity contribution in [2.24, 2.45) is 0 Å². The van der Waals surface area contributed by atoms with Crippen LogP contribution in [0.15, 0.2) is 0 Å². The average Bonchev–Trinajstić information content (AvgIpc) is 1.35. The summed E-state index contributed by atoms with van der Waals surface area (Å²) in [6, 6.07) is 0. The van der Waals surface area contributed by atoms with Gasteiger partial charge >= 0.3 is 0 Å². The second-order valence-corrected chi connectivity index (χ2v) is 3.72. The largest absolute Gasteiger partial charge is 0.216 e. The number of rotatable bonds is 2. The van der Waals surface area contributed by atoms with Gasteiger partial charge in [-0.05, 0) is 0 Å². The Morgan fingerprint density at radius 3 is 2.00 bits per heavy atom. The summed E-state index contributed by atoms with van der Waals surface area (Å²) in [6.45, 7) is 4.23. The second kappa shape index (κ2) is 4.00. The van der Waals surface area contributed by atoms with E-state index in [2.05, 4.69) is 13.6 Å². The molecule has 0 N–H and O–H groups in total. The van der Waals surface area contributed by atoms with Gasteiger partial charge in [-0.2, -0.15) is 21.3 Å². The predicted molar refractivity (Wildman–Crippen MR) is 38.4 cm³/mol. The van der Waals surface area contributed by atoms with Crippen LogP contribution in [0.1, 0.15) is 0 Å². The van der Waals surface area contributed by atoms with Crippen LogP contribution in [0.3, 0.4) is 0 Å². The van der Waals surface area contributed by atoms with Crippen molar-refractivity contribution < 1.29 is 0 Å². The van der Waals surface area contributed by atoms with Gasteiger partial charge in [-0.1, -0.05) is 13.6 Å². The van der Waals surface area contributed by atoms with Crippen LogP contribution in [0.2, 0.25) is 13.6 Å². The highest BCUT2D eigenvalue weighted by Crippen LogP contribution is 2.18. The maximum Gasteiger partial charge on any atom is 0.216 e. The molecule has 0 spiro atoms. The van der Waals surface area contributed by atoms with Crippen LogP contribution < -0.4 is 0 Å². The van der Waals surface area contributed by atoms with Gasteiger partial charge in [0.25, 0.3) is 0 Å². The van der Waals surface area contributed by atoms with E-state index in [0.717, 1.165) is 0 Å². The zero-order valence-corrected chi connectivity index (χ0v) is 5.60. The van der Waals surface area contributed by atoms with Gasteiger partial charge in [-0.15, -0.1) is 0 Å². The maximum absolute atomic E-state index is 5.11. The van der Waals surface area contributed by atoms with Crippen molar-refractivity contribution in [3.05, 3.63) is 0 Å². The Balaban J connectivity index is 2.63. The highest BCUT2D eigenvalue weighted by molar-refractivity contribution is 8.93. The van der Waals surface area contributed by atoms with Gasteiger partial charge in [0.1, 0.15) is 0 Å². The van der Waals surface area contributed by atoms with E-state index < -0.39 is 0 Å². The highest BCUT2D eigenvalue weighted by Gasteiger charge is 1.92. The lowest BCUT2D eigenvalue weighted by atomic mass is 9.84. The van der Waals surface area contributed by atoms with Gasteiger partial charge in [0.2, 0.25) is 5.99 Å². The Kier molecular flexibility index (Phi) is 4.55. The molecule has 0 rings (SSSR count). The molecule has 0 aliphatic heterocycles. The summed E-state index contributed by atoms with van der Waals surface area (Å²) in [7, 11) is 8.12. The minimum Gasteiger partial charge on any atom is -0.174 e. The molecule has 0 heterocycles. The SMILES string of the molecule is [B]SSB(C)C. The summed E-state index contributed by atoms with van der Waals surface area (Å²) in [5, 5.41) is 0. The lowest BCUT2D eigenvalue weighted by Gasteiger charge is -1.91. The molecule has 0 atom stereocenters. The van der Waals surface area contributed by atoms with Gasteiger partial charge in [0, 0.05) is 0 Å². The van der Waals surface area contributed by atoms with Crippen LogP contribution >= 0.6 is 21.3 Å². The molecule has 32 valence electrons. The molecule has 0 saturated heterocycles. The first kappa shape index (κ1) is 6.83. The van der Waals surface area contributed by atoms with Gasteiger partial charge in [-0.3, -0.25) is 0 Å². The second-order valence-electron chi connectivity index (χ2n) is 1.24. The van der Waals surface area contributed by atoms with Crippen molar-refractivity contribution in [1.29, 1.82) is 0 Å². The van der Waals surface area contributed by atoms with E-state index in [1.54, 1.807) is 10.6 Å². The Bertz CT molecular complexity index is 30.7. The molecule has 0 bridgehead atoms. The molecule has 4 heteroatoms. The standard InChI is InChI=1S/C2H6B2S2/c1-4(2)6-5-3/h1-2H3. The van der Waals surface area contributed by atoms with Crippen LogP contribution in [0.25, 0.3) is 0 Å². The summed E-state index contributed by atoms with van der Waals surface area (Å²) in [5.74, 6) is 0.653. The molecule has 0 saturated carbocycles. The Morgan fingerprint density at radius 2 is 2.00 bits per heavy atom. The first-order chi connectivity index (χ1) is 2.77. The monoisotopic (exact) mass is 116 g/mol. The predicted octanol–water partition coefficient (Wildman–Crippen LogP) is 1.70. The van der Waals surface area contributed by atoms with Crippen molar-refractivity contribution in [2.45, 2.75) is 13.6 Å². The zero-order chi connectivity index (χ0) is 4.99. The maximum atomic E-state index is 5.11. The van der Waals surface area contributed by atoms with Crippen LogP contribution in [0.5, 0.6) is 0 Å². The number of hydrogen-bond donors (Lipinski definition) is 0. The van der Waals surface area contributed by atoms with Crippen molar-refractivity contribution in [3.8, 4) is 0 Å². The molecule has 6 heavy (non-hydrogen) atoms. The van der Waals surface area contributed by atoms with Crippen LogP contribution in [-0.4, -0.2) is 13.1 Å². The first-order valence-corrected chi connectivity index (χ1v) is 4.07. The van der Waals surface area contributed by atoms with E-state index in [0.29, 0.717) is 5.99 Å². The molecule has 0 amide bonds. The summed E-state index contributed by atoms with van der Waals surface area (Å²) < 4.78 is 0. The van der Waals surface area contributed by atoms with Crippen LogP contribution in [-0.2, 0) is 0 Å². The van der Waals surface area contributed by atoms with E-state index in [4.69, 9.17) is 7.12 Å². The minimum atomic E-state index is 0.653. The van der Waals surface area contributed by atoms with E-state index in [9.17, 15) is 0 Å². The van der Waals surface area contributed by atoms with E-state index in [1.807, 2.05) is 0 Å². The summed E-state index contributed by atoms with van der Waals surface area (Å²) in [5.41, 5.74) is 0.